The number of rotatable bonds is 4. The molecule has 1 aromatic carbocycles. The Morgan fingerprint density at radius 1 is 1.29 bits per heavy atom. The number of benzene rings is 1. The molecule has 0 bridgehead atoms. The number of para-hydroxylation sites is 1. The second-order valence-electron chi connectivity index (χ2n) is 6.55. The highest BCUT2D eigenvalue weighted by Gasteiger charge is 2.28. The quantitative estimate of drug-likeness (QED) is 0.713. The highest BCUT2D eigenvalue weighted by Crippen LogP contribution is 2.38. The van der Waals surface area contributed by atoms with Gasteiger partial charge >= 0.3 is 0 Å². The molecule has 1 aromatic heterocycles. The van der Waals surface area contributed by atoms with Crippen LogP contribution in [-0.2, 0) is 0 Å². The molecule has 4 heteroatoms. The number of alkyl halides is 1. The molecule has 0 spiro atoms. The zero-order valence-corrected chi connectivity index (χ0v) is 14.5. The first-order valence-corrected chi connectivity index (χ1v) is 7.98. The minimum Gasteiger partial charge on any atom is -0.492 e. The molecule has 116 valence electrons. The topological polar surface area (TPSA) is 27.1 Å². The molecule has 2 aromatic rings. The monoisotopic (exact) mass is 308 g/mol. The molecule has 0 aliphatic heterocycles. The first-order valence-electron chi connectivity index (χ1n) is 7.55. The molecule has 2 unspecified atom stereocenters. The van der Waals surface area contributed by atoms with Gasteiger partial charge in [0.2, 0.25) is 0 Å². The molecule has 0 N–H and O–H groups in total. The smallest absolute Gasteiger partial charge is 0.147 e. The number of hydrogen-bond acceptors (Lipinski definition) is 2. The Balaban J connectivity index is 2.72. The largest absolute Gasteiger partial charge is 0.492 e. The van der Waals surface area contributed by atoms with E-state index in [0.717, 1.165) is 22.6 Å². The summed E-state index contributed by atoms with van der Waals surface area (Å²) in [6, 6.07) is 6.36. The predicted octanol–water partition coefficient (Wildman–Crippen LogP) is 5.34. The van der Waals surface area contributed by atoms with Crippen LogP contribution in [0.5, 0.6) is 5.75 Å². The number of fused-ring (bicyclic) bond motifs is 1. The van der Waals surface area contributed by atoms with Gasteiger partial charge in [0.05, 0.1) is 17.5 Å². The van der Waals surface area contributed by atoms with Crippen molar-refractivity contribution in [1.82, 2.24) is 9.55 Å². The van der Waals surface area contributed by atoms with Crippen molar-refractivity contribution in [2.75, 3.05) is 6.61 Å². The summed E-state index contributed by atoms with van der Waals surface area (Å²) < 4.78 is 7.97. The molecule has 2 atom stereocenters. The van der Waals surface area contributed by atoms with Crippen molar-refractivity contribution in [3.05, 3.63) is 24.0 Å². The van der Waals surface area contributed by atoms with Gasteiger partial charge in [0.25, 0.3) is 0 Å². The Morgan fingerprint density at radius 2 is 1.95 bits per heavy atom. The standard InChI is InChI=1S/C17H25ClN2O/c1-7-21-14-10-8-9-13-15(14)19-16(11(2)18)20(13)12(3)17(4,5)6/h8-12H,7H2,1-6H3. The molecule has 0 radical (unpaired) electrons. The van der Waals surface area contributed by atoms with E-state index in [2.05, 4.69) is 38.3 Å². The number of hydrogen-bond donors (Lipinski definition) is 0. The van der Waals surface area contributed by atoms with Crippen LogP contribution in [0.25, 0.3) is 11.0 Å². The van der Waals surface area contributed by atoms with E-state index in [0.29, 0.717) is 6.61 Å². The van der Waals surface area contributed by atoms with E-state index in [1.54, 1.807) is 0 Å². The molecule has 0 saturated heterocycles. The van der Waals surface area contributed by atoms with Gasteiger partial charge < -0.3 is 9.30 Å². The van der Waals surface area contributed by atoms with E-state index in [4.69, 9.17) is 21.3 Å². The Bertz CT molecular complexity index is 625. The second kappa shape index (κ2) is 5.88. The summed E-state index contributed by atoms with van der Waals surface area (Å²) in [6.45, 7) is 13.5. The number of imidazole rings is 1. The van der Waals surface area contributed by atoms with E-state index in [1.165, 1.54) is 0 Å². The second-order valence-corrected chi connectivity index (χ2v) is 7.21. The fourth-order valence-electron chi connectivity index (χ4n) is 2.46. The summed E-state index contributed by atoms with van der Waals surface area (Å²) in [5.74, 6) is 1.73. The molecule has 3 nitrogen and oxygen atoms in total. The van der Waals surface area contributed by atoms with Crippen LogP contribution in [0.1, 0.15) is 58.8 Å². The van der Waals surface area contributed by atoms with E-state index in [1.807, 2.05) is 26.0 Å². The third-order valence-electron chi connectivity index (χ3n) is 4.01. The maximum Gasteiger partial charge on any atom is 0.147 e. The lowest BCUT2D eigenvalue weighted by Gasteiger charge is -2.30. The maximum absolute atomic E-state index is 6.38. The van der Waals surface area contributed by atoms with Crippen LogP contribution in [0.3, 0.4) is 0 Å². The maximum atomic E-state index is 6.38. The van der Waals surface area contributed by atoms with Gasteiger partial charge in [-0.1, -0.05) is 26.8 Å². The third-order valence-corrected chi connectivity index (χ3v) is 4.20. The van der Waals surface area contributed by atoms with E-state index in [9.17, 15) is 0 Å². The highest BCUT2D eigenvalue weighted by atomic mass is 35.5. The van der Waals surface area contributed by atoms with E-state index < -0.39 is 0 Å². The molecule has 0 amide bonds. The molecule has 2 rings (SSSR count). The Kier molecular flexibility index (Phi) is 4.52. The lowest BCUT2D eigenvalue weighted by Crippen LogP contribution is -2.23. The Labute approximate surface area is 132 Å². The number of halogens is 1. The van der Waals surface area contributed by atoms with Crippen molar-refractivity contribution >= 4 is 22.6 Å². The zero-order valence-electron chi connectivity index (χ0n) is 13.8. The van der Waals surface area contributed by atoms with Crippen molar-refractivity contribution in [3.63, 3.8) is 0 Å². The van der Waals surface area contributed by atoms with E-state index in [-0.39, 0.29) is 16.8 Å². The van der Waals surface area contributed by atoms with Crippen LogP contribution in [0.2, 0.25) is 0 Å². The van der Waals surface area contributed by atoms with Crippen molar-refractivity contribution in [1.29, 1.82) is 0 Å². The van der Waals surface area contributed by atoms with Crippen molar-refractivity contribution in [2.24, 2.45) is 5.41 Å². The van der Waals surface area contributed by atoms with Gasteiger partial charge in [-0.05, 0) is 38.3 Å². The minimum atomic E-state index is -0.142. The summed E-state index contributed by atoms with van der Waals surface area (Å²) in [5.41, 5.74) is 2.11. The van der Waals surface area contributed by atoms with Crippen molar-refractivity contribution < 1.29 is 4.74 Å². The van der Waals surface area contributed by atoms with Gasteiger partial charge in [0.15, 0.2) is 0 Å². The first-order chi connectivity index (χ1) is 9.77. The fourth-order valence-corrected chi connectivity index (χ4v) is 2.61. The average Bonchev–Trinajstić information content (AvgIpc) is 2.77. The molecule has 0 aliphatic rings. The van der Waals surface area contributed by atoms with Gasteiger partial charge in [0, 0.05) is 6.04 Å². The lowest BCUT2D eigenvalue weighted by molar-refractivity contribution is 0.262. The summed E-state index contributed by atoms with van der Waals surface area (Å²) >= 11 is 6.38. The van der Waals surface area contributed by atoms with Gasteiger partial charge in [-0.3, -0.25) is 0 Å². The van der Waals surface area contributed by atoms with Crippen LogP contribution >= 0.6 is 11.6 Å². The molecule has 0 aliphatic carbocycles. The molecule has 0 saturated carbocycles. The first kappa shape index (κ1) is 16.2. The third kappa shape index (κ3) is 3.03. The minimum absolute atomic E-state index is 0.121. The fraction of sp³-hybridized carbons (Fsp3) is 0.588. The number of aromatic nitrogens is 2. The summed E-state index contributed by atoms with van der Waals surface area (Å²) in [4.78, 5) is 4.77. The van der Waals surface area contributed by atoms with Crippen molar-refractivity contribution in [2.45, 2.75) is 53.0 Å². The predicted molar refractivity (Wildman–Crippen MR) is 89.3 cm³/mol. The molecule has 21 heavy (non-hydrogen) atoms. The summed E-state index contributed by atoms with van der Waals surface area (Å²) in [5, 5.41) is -0.142. The molecular formula is C17H25ClN2O. The molecular weight excluding hydrogens is 284 g/mol. The number of ether oxygens (including phenoxy) is 1. The van der Waals surface area contributed by atoms with Crippen LogP contribution in [0, 0.1) is 5.41 Å². The van der Waals surface area contributed by atoms with Gasteiger partial charge in [-0.2, -0.15) is 0 Å². The Hall–Kier alpha value is -1.22. The van der Waals surface area contributed by atoms with Crippen LogP contribution < -0.4 is 4.74 Å². The SMILES string of the molecule is CCOc1cccc2c1nc(C(C)Cl)n2C(C)C(C)(C)C. The normalized spacial score (nSPS) is 15.2. The lowest BCUT2D eigenvalue weighted by atomic mass is 9.87. The van der Waals surface area contributed by atoms with Crippen LogP contribution in [0.15, 0.2) is 18.2 Å². The highest BCUT2D eigenvalue weighted by molar-refractivity contribution is 6.20. The Morgan fingerprint density at radius 3 is 2.48 bits per heavy atom. The zero-order chi connectivity index (χ0) is 15.8. The summed E-state index contributed by atoms with van der Waals surface area (Å²) in [7, 11) is 0. The van der Waals surface area contributed by atoms with E-state index >= 15 is 0 Å². The van der Waals surface area contributed by atoms with Crippen molar-refractivity contribution in [3.8, 4) is 5.75 Å². The molecule has 1 heterocycles. The van der Waals surface area contributed by atoms with Gasteiger partial charge in [0.1, 0.15) is 17.1 Å². The summed E-state index contributed by atoms with van der Waals surface area (Å²) in [6.07, 6.45) is 0. The number of nitrogens with zero attached hydrogens (tertiary/aromatic N) is 2. The van der Waals surface area contributed by atoms with Gasteiger partial charge in [-0.15, -0.1) is 11.6 Å². The van der Waals surface area contributed by atoms with Gasteiger partial charge in [-0.25, -0.2) is 4.98 Å². The van der Waals surface area contributed by atoms with Crippen LogP contribution in [0.4, 0.5) is 0 Å². The molecule has 0 fully saturated rings. The van der Waals surface area contributed by atoms with Crippen LogP contribution in [-0.4, -0.2) is 16.2 Å². The average molecular weight is 309 g/mol.